The van der Waals surface area contributed by atoms with Crippen LogP contribution in [-0.2, 0) is 9.59 Å². The van der Waals surface area contributed by atoms with Crippen LogP contribution in [0.2, 0.25) is 0 Å². The van der Waals surface area contributed by atoms with E-state index in [0.717, 1.165) is 12.8 Å². The van der Waals surface area contributed by atoms with Crippen LogP contribution in [0.1, 0.15) is 32.6 Å². The summed E-state index contributed by atoms with van der Waals surface area (Å²) in [6, 6.07) is 0. The van der Waals surface area contributed by atoms with Gasteiger partial charge in [-0.2, -0.15) is 0 Å². The second-order valence-electron chi connectivity index (χ2n) is 5.82. The molecular weight excluding hydrogens is 256 g/mol. The summed E-state index contributed by atoms with van der Waals surface area (Å²) in [4.78, 5) is 27.0. The van der Waals surface area contributed by atoms with Gasteiger partial charge in [-0.25, -0.2) is 0 Å². The number of amides is 2. The average molecular weight is 280 g/mol. The Morgan fingerprint density at radius 1 is 1.40 bits per heavy atom. The molecule has 1 saturated heterocycles. The van der Waals surface area contributed by atoms with Gasteiger partial charge in [-0.1, -0.05) is 6.58 Å². The minimum Gasteiger partial charge on any atom is -0.389 e. The Labute approximate surface area is 120 Å². The number of likely N-dealkylation sites (N-methyl/N-ethyl adjacent to an activating group) is 1. The van der Waals surface area contributed by atoms with Crippen LogP contribution in [0.25, 0.3) is 0 Å². The summed E-state index contributed by atoms with van der Waals surface area (Å²) in [5.74, 6) is 0.182. The summed E-state index contributed by atoms with van der Waals surface area (Å²) in [6.45, 7) is 7.06. The van der Waals surface area contributed by atoms with E-state index in [9.17, 15) is 14.7 Å². The lowest BCUT2D eigenvalue weighted by Gasteiger charge is -2.39. The molecule has 1 saturated carbocycles. The fourth-order valence-electron chi connectivity index (χ4n) is 2.91. The van der Waals surface area contributed by atoms with Crippen LogP contribution in [0.15, 0.2) is 12.7 Å². The molecule has 20 heavy (non-hydrogen) atoms. The van der Waals surface area contributed by atoms with Crippen molar-refractivity contribution in [2.45, 2.75) is 38.2 Å². The first-order chi connectivity index (χ1) is 9.50. The van der Waals surface area contributed by atoms with Gasteiger partial charge in [0, 0.05) is 19.6 Å². The molecule has 2 rings (SSSR count). The second kappa shape index (κ2) is 5.95. The molecule has 1 aliphatic carbocycles. The van der Waals surface area contributed by atoms with Crippen LogP contribution in [0.3, 0.4) is 0 Å². The van der Waals surface area contributed by atoms with Crippen LogP contribution in [0.5, 0.6) is 0 Å². The lowest BCUT2D eigenvalue weighted by atomic mass is 9.86. The van der Waals surface area contributed by atoms with Gasteiger partial charge in [-0.3, -0.25) is 9.59 Å². The number of nitrogens with zero attached hydrogens (tertiary/aromatic N) is 2. The van der Waals surface area contributed by atoms with Crippen molar-refractivity contribution in [3.8, 4) is 0 Å². The molecule has 0 aromatic carbocycles. The zero-order valence-electron chi connectivity index (χ0n) is 12.2. The normalized spacial score (nSPS) is 21.4. The van der Waals surface area contributed by atoms with Gasteiger partial charge in [0.05, 0.1) is 12.1 Å². The smallest absolute Gasteiger partial charge is 0.246 e. The summed E-state index contributed by atoms with van der Waals surface area (Å²) in [6.07, 6.45) is 4.78. The van der Waals surface area contributed by atoms with Gasteiger partial charge in [0.25, 0.3) is 0 Å². The second-order valence-corrected chi connectivity index (χ2v) is 5.82. The molecule has 0 radical (unpaired) electrons. The summed E-state index contributed by atoms with van der Waals surface area (Å²) < 4.78 is 0. The SMILES string of the molecule is C=CC(=O)N(CC)CC(=O)N1CCC(O)(C2CC2)CC1. The lowest BCUT2D eigenvalue weighted by Crippen LogP contribution is -2.50. The Morgan fingerprint density at radius 2 is 2.00 bits per heavy atom. The van der Waals surface area contributed by atoms with Crippen molar-refractivity contribution in [2.24, 2.45) is 5.92 Å². The van der Waals surface area contributed by atoms with Crippen LogP contribution in [0.4, 0.5) is 0 Å². The summed E-state index contributed by atoms with van der Waals surface area (Å²) >= 11 is 0. The quantitative estimate of drug-likeness (QED) is 0.757. The maximum absolute atomic E-state index is 12.2. The largest absolute Gasteiger partial charge is 0.389 e. The Bertz CT molecular complexity index is 396. The number of aliphatic hydroxyl groups is 1. The highest BCUT2D eigenvalue weighted by molar-refractivity contribution is 5.90. The maximum atomic E-state index is 12.2. The summed E-state index contributed by atoms with van der Waals surface area (Å²) in [5, 5.41) is 10.4. The van der Waals surface area contributed by atoms with Gasteiger partial charge in [-0.15, -0.1) is 0 Å². The van der Waals surface area contributed by atoms with Crippen LogP contribution < -0.4 is 0 Å². The molecule has 2 fully saturated rings. The van der Waals surface area contributed by atoms with Gasteiger partial charge < -0.3 is 14.9 Å². The van der Waals surface area contributed by atoms with Gasteiger partial charge >= 0.3 is 0 Å². The van der Waals surface area contributed by atoms with E-state index in [4.69, 9.17) is 0 Å². The van der Waals surface area contributed by atoms with Crippen molar-refractivity contribution in [1.82, 2.24) is 9.80 Å². The van der Waals surface area contributed by atoms with Gasteiger partial charge in [0.15, 0.2) is 0 Å². The third kappa shape index (κ3) is 3.20. The number of likely N-dealkylation sites (tertiary alicyclic amines) is 1. The van der Waals surface area contributed by atoms with Crippen LogP contribution in [0, 0.1) is 5.92 Å². The molecule has 1 heterocycles. The van der Waals surface area contributed by atoms with Crippen molar-refractivity contribution in [1.29, 1.82) is 0 Å². The van der Waals surface area contributed by atoms with Crippen molar-refractivity contribution < 1.29 is 14.7 Å². The highest BCUT2D eigenvalue weighted by Crippen LogP contribution is 2.44. The Balaban J connectivity index is 1.85. The highest BCUT2D eigenvalue weighted by atomic mass is 16.3. The van der Waals surface area contributed by atoms with E-state index in [1.54, 1.807) is 4.90 Å². The maximum Gasteiger partial charge on any atom is 0.246 e. The van der Waals surface area contributed by atoms with E-state index in [2.05, 4.69) is 6.58 Å². The lowest BCUT2D eigenvalue weighted by molar-refractivity contribution is -0.141. The molecule has 112 valence electrons. The molecule has 5 nitrogen and oxygen atoms in total. The number of rotatable bonds is 5. The third-order valence-corrected chi connectivity index (χ3v) is 4.51. The predicted octanol–water partition coefficient (Wildman–Crippen LogP) is 0.784. The minimum atomic E-state index is -0.557. The fraction of sp³-hybridized carbons (Fsp3) is 0.733. The van der Waals surface area contributed by atoms with Crippen molar-refractivity contribution in [3.05, 3.63) is 12.7 Å². The highest BCUT2D eigenvalue weighted by Gasteiger charge is 2.45. The standard InChI is InChI=1S/C15H24N2O3/c1-3-13(18)16(4-2)11-14(19)17-9-7-15(20,8-10-17)12-5-6-12/h3,12,20H,1,4-11H2,2H3. The van der Waals surface area contributed by atoms with Gasteiger partial charge in [0.2, 0.25) is 11.8 Å². The van der Waals surface area contributed by atoms with Crippen LogP contribution in [-0.4, -0.2) is 58.5 Å². The van der Waals surface area contributed by atoms with Crippen molar-refractivity contribution in [2.75, 3.05) is 26.2 Å². The average Bonchev–Trinajstić information content (AvgIpc) is 3.29. The molecule has 2 aliphatic rings. The van der Waals surface area contributed by atoms with E-state index in [1.807, 2.05) is 6.92 Å². The fourth-order valence-corrected chi connectivity index (χ4v) is 2.91. The van der Waals surface area contributed by atoms with Gasteiger partial charge in [0.1, 0.15) is 0 Å². The first-order valence-corrected chi connectivity index (χ1v) is 7.41. The zero-order chi connectivity index (χ0) is 14.8. The number of hydrogen-bond donors (Lipinski definition) is 1. The third-order valence-electron chi connectivity index (χ3n) is 4.51. The minimum absolute atomic E-state index is 0.0418. The molecule has 2 amide bonds. The topological polar surface area (TPSA) is 60.9 Å². The van der Waals surface area contributed by atoms with E-state index < -0.39 is 5.60 Å². The number of carbonyl (C=O) groups excluding carboxylic acids is 2. The predicted molar refractivity (Wildman–Crippen MR) is 75.9 cm³/mol. The zero-order valence-corrected chi connectivity index (χ0v) is 12.2. The Morgan fingerprint density at radius 3 is 2.45 bits per heavy atom. The first-order valence-electron chi connectivity index (χ1n) is 7.41. The number of piperidine rings is 1. The molecule has 0 aromatic heterocycles. The monoisotopic (exact) mass is 280 g/mol. The molecule has 0 aromatic rings. The number of hydrogen-bond acceptors (Lipinski definition) is 3. The van der Waals surface area contributed by atoms with Crippen molar-refractivity contribution in [3.63, 3.8) is 0 Å². The first kappa shape index (κ1) is 15.0. The number of carbonyl (C=O) groups is 2. The molecule has 1 aliphatic heterocycles. The molecular formula is C15H24N2O3. The van der Waals surface area contributed by atoms with E-state index in [1.165, 1.54) is 11.0 Å². The Kier molecular flexibility index (Phi) is 4.48. The molecule has 0 bridgehead atoms. The molecule has 1 N–H and O–H groups in total. The summed E-state index contributed by atoms with van der Waals surface area (Å²) in [5.41, 5.74) is -0.557. The van der Waals surface area contributed by atoms with E-state index >= 15 is 0 Å². The van der Waals surface area contributed by atoms with Crippen LogP contribution >= 0.6 is 0 Å². The molecule has 0 atom stereocenters. The Hall–Kier alpha value is -1.36. The van der Waals surface area contributed by atoms with E-state index in [0.29, 0.717) is 38.4 Å². The van der Waals surface area contributed by atoms with Gasteiger partial charge in [-0.05, 0) is 44.6 Å². The molecule has 5 heteroatoms. The summed E-state index contributed by atoms with van der Waals surface area (Å²) in [7, 11) is 0. The molecule has 0 unspecified atom stereocenters. The van der Waals surface area contributed by atoms with E-state index in [-0.39, 0.29) is 18.4 Å². The van der Waals surface area contributed by atoms with Crippen molar-refractivity contribution >= 4 is 11.8 Å². The molecule has 0 spiro atoms.